The number of benzene rings is 1. The predicted molar refractivity (Wildman–Crippen MR) is 66.5 cm³/mol. The Bertz CT molecular complexity index is 384. The maximum Gasteiger partial charge on any atom is 0.115 e. The molecule has 3 N–H and O–H groups in total. The second-order valence-electron chi connectivity index (χ2n) is 5.59. The lowest BCUT2D eigenvalue weighted by Gasteiger charge is -2.37. The lowest BCUT2D eigenvalue weighted by Crippen LogP contribution is -2.35. The maximum atomic E-state index is 9.44. The van der Waals surface area contributed by atoms with Crippen LogP contribution in [0.3, 0.4) is 0 Å². The Labute approximate surface area is 97.5 Å². The molecule has 2 heteroatoms. The van der Waals surface area contributed by atoms with Gasteiger partial charge >= 0.3 is 0 Å². The van der Waals surface area contributed by atoms with E-state index in [0.29, 0.717) is 11.7 Å². The van der Waals surface area contributed by atoms with Crippen LogP contribution < -0.4 is 5.73 Å². The third-order valence-electron chi connectivity index (χ3n) is 4.05. The van der Waals surface area contributed by atoms with E-state index in [0.717, 1.165) is 19.4 Å². The molecule has 88 valence electrons. The van der Waals surface area contributed by atoms with Gasteiger partial charge in [-0.25, -0.2) is 0 Å². The van der Waals surface area contributed by atoms with Gasteiger partial charge in [0, 0.05) is 0 Å². The fourth-order valence-corrected chi connectivity index (χ4v) is 2.58. The smallest absolute Gasteiger partial charge is 0.115 e. The minimum Gasteiger partial charge on any atom is -0.508 e. The van der Waals surface area contributed by atoms with Crippen LogP contribution in [0.2, 0.25) is 0 Å². The van der Waals surface area contributed by atoms with E-state index in [9.17, 15) is 5.11 Å². The molecule has 1 atom stereocenters. The molecule has 16 heavy (non-hydrogen) atoms. The second kappa shape index (κ2) is 4.10. The van der Waals surface area contributed by atoms with Crippen molar-refractivity contribution >= 4 is 0 Å². The summed E-state index contributed by atoms with van der Waals surface area (Å²) in [5, 5.41) is 9.44. The van der Waals surface area contributed by atoms with E-state index < -0.39 is 0 Å². The normalized spacial score (nSPS) is 20.6. The fourth-order valence-electron chi connectivity index (χ4n) is 2.58. The molecule has 0 fully saturated rings. The zero-order chi connectivity index (χ0) is 11.8. The minimum atomic E-state index is 0.218. The SMILES string of the molecule is CC(C)(CN)C1CCc2cc(O)ccc2C1. The van der Waals surface area contributed by atoms with E-state index in [4.69, 9.17) is 5.73 Å². The highest BCUT2D eigenvalue weighted by Crippen LogP contribution is 2.37. The van der Waals surface area contributed by atoms with Crippen molar-refractivity contribution in [3.8, 4) is 5.75 Å². The van der Waals surface area contributed by atoms with Crippen molar-refractivity contribution in [2.45, 2.75) is 33.1 Å². The topological polar surface area (TPSA) is 46.2 Å². The summed E-state index contributed by atoms with van der Waals surface area (Å²) in [5.74, 6) is 1.05. The van der Waals surface area contributed by atoms with Gasteiger partial charge in [-0.3, -0.25) is 0 Å². The molecule has 0 aromatic heterocycles. The average molecular weight is 219 g/mol. The highest BCUT2D eigenvalue weighted by molar-refractivity contribution is 5.36. The number of phenols is 1. The number of phenolic OH excluding ortho intramolecular Hbond substituents is 1. The molecule has 1 aliphatic rings. The lowest BCUT2D eigenvalue weighted by atomic mass is 9.69. The van der Waals surface area contributed by atoms with Crippen LogP contribution in [-0.2, 0) is 12.8 Å². The summed E-state index contributed by atoms with van der Waals surface area (Å²) in [7, 11) is 0. The van der Waals surface area contributed by atoms with Crippen LogP contribution >= 0.6 is 0 Å². The molecule has 2 nitrogen and oxygen atoms in total. The summed E-state index contributed by atoms with van der Waals surface area (Å²) in [5.41, 5.74) is 8.75. The van der Waals surface area contributed by atoms with Gasteiger partial charge in [-0.2, -0.15) is 0 Å². The van der Waals surface area contributed by atoms with E-state index in [1.165, 1.54) is 17.5 Å². The highest BCUT2D eigenvalue weighted by atomic mass is 16.3. The molecule has 0 bridgehead atoms. The van der Waals surface area contributed by atoms with Gasteiger partial charge in [0.25, 0.3) is 0 Å². The molecule has 0 spiro atoms. The molecule has 1 unspecified atom stereocenters. The first-order valence-electron chi connectivity index (χ1n) is 6.04. The summed E-state index contributed by atoms with van der Waals surface area (Å²) in [6.07, 6.45) is 3.35. The monoisotopic (exact) mass is 219 g/mol. The number of nitrogens with two attached hydrogens (primary N) is 1. The molecular weight excluding hydrogens is 198 g/mol. The summed E-state index contributed by atoms with van der Waals surface area (Å²) in [4.78, 5) is 0. The zero-order valence-electron chi connectivity index (χ0n) is 10.2. The third kappa shape index (κ3) is 2.07. The fraction of sp³-hybridized carbons (Fsp3) is 0.571. The molecule has 1 aromatic carbocycles. The van der Waals surface area contributed by atoms with Crippen molar-refractivity contribution in [1.82, 2.24) is 0 Å². The van der Waals surface area contributed by atoms with Crippen molar-refractivity contribution in [2.24, 2.45) is 17.1 Å². The van der Waals surface area contributed by atoms with Gasteiger partial charge in [0.05, 0.1) is 0 Å². The molecule has 0 saturated carbocycles. The Balaban J connectivity index is 2.21. The number of aryl methyl sites for hydroxylation is 1. The Morgan fingerprint density at radius 1 is 1.38 bits per heavy atom. The molecule has 1 aromatic rings. The first kappa shape index (κ1) is 11.5. The van der Waals surface area contributed by atoms with E-state index in [-0.39, 0.29) is 5.41 Å². The average Bonchev–Trinajstić information content (AvgIpc) is 2.28. The number of hydrogen-bond acceptors (Lipinski definition) is 2. The Morgan fingerprint density at radius 2 is 2.12 bits per heavy atom. The van der Waals surface area contributed by atoms with Gasteiger partial charge in [0.2, 0.25) is 0 Å². The van der Waals surface area contributed by atoms with Crippen molar-refractivity contribution < 1.29 is 5.11 Å². The van der Waals surface area contributed by atoms with E-state index in [2.05, 4.69) is 19.9 Å². The van der Waals surface area contributed by atoms with Gasteiger partial charge in [-0.05, 0) is 60.4 Å². The minimum absolute atomic E-state index is 0.218. The number of fused-ring (bicyclic) bond motifs is 1. The summed E-state index contributed by atoms with van der Waals surface area (Å²) in [6.45, 7) is 5.25. The lowest BCUT2D eigenvalue weighted by molar-refractivity contribution is 0.199. The van der Waals surface area contributed by atoms with E-state index in [1.807, 2.05) is 6.07 Å². The zero-order valence-corrected chi connectivity index (χ0v) is 10.2. The van der Waals surface area contributed by atoms with Gasteiger partial charge in [-0.15, -0.1) is 0 Å². The van der Waals surface area contributed by atoms with Crippen LogP contribution in [0.1, 0.15) is 31.4 Å². The standard InChI is InChI=1S/C14H21NO/c1-14(2,9-15)12-5-3-11-8-13(16)6-4-10(11)7-12/h4,6,8,12,16H,3,5,7,9,15H2,1-2H3. The summed E-state index contributed by atoms with van der Waals surface area (Å²) >= 11 is 0. The van der Waals surface area contributed by atoms with Gasteiger partial charge in [0.15, 0.2) is 0 Å². The van der Waals surface area contributed by atoms with Crippen molar-refractivity contribution in [1.29, 1.82) is 0 Å². The van der Waals surface area contributed by atoms with Crippen LogP contribution in [0, 0.1) is 11.3 Å². The largest absolute Gasteiger partial charge is 0.508 e. The molecule has 0 aliphatic heterocycles. The molecule has 0 amide bonds. The third-order valence-corrected chi connectivity index (χ3v) is 4.05. The van der Waals surface area contributed by atoms with Crippen LogP contribution in [0.5, 0.6) is 5.75 Å². The molecule has 2 rings (SSSR count). The maximum absolute atomic E-state index is 9.44. The number of aromatic hydroxyl groups is 1. The number of hydrogen-bond donors (Lipinski definition) is 2. The molecule has 0 heterocycles. The second-order valence-corrected chi connectivity index (χ2v) is 5.59. The molecule has 0 saturated heterocycles. The van der Waals surface area contributed by atoms with E-state index in [1.54, 1.807) is 6.07 Å². The van der Waals surface area contributed by atoms with Gasteiger partial charge in [-0.1, -0.05) is 19.9 Å². The Morgan fingerprint density at radius 3 is 2.81 bits per heavy atom. The summed E-state index contributed by atoms with van der Waals surface area (Å²) in [6, 6.07) is 5.75. The Hall–Kier alpha value is -1.02. The molecular formula is C14H21NO. The van der Waals surface area contributed by atoms with Crippen molar-refractivity contribution in [3.63, 3.8) is 0 Å². The quantitative estimate of drug-likeness (QED) is 0.802. The van der Waals surface area contributed by atoms with Crippen LogP contribution in [0.15, 0.2) is 18.2 Å². The number of rotatable bonds is 2. The molecule has 1 aliphatic carbocycles. The van der Waals surface area contributed by atoms with Crippen LogP contribution in [0.4, 0.5) is 0 Å². The highest BCUT2D eigenvalue weighted by Gasteiger charge is 2.31. The van der Waals surface area contributed by atoms with Gasteiger partial charge < -0.3 is 10.8 Å². The van der Waals surface area contributed by atoms with Crippen molar-refractivity contribution in [2.75, 3.05) is 6.54 Å². The van der Waals surface area contributed by atoms with Crippen molar-refractivity contribution in [3.05, 3.63) is 29.3 Å². The van der Waals surface area contributed by atoms with Crippen LogP contribution in [-0.4, -0.2) is 11.7 Å². The van der Waals surface area contributed by atoms with E-state index >= 15 is 0 Å². The summed E-state index contributed by atoms with van der Waals surface area (Å²) < 4.78 is 0. The van der Waals surface area contributed by atoms with Gasteiger partial charge in [0.1, 0.15) is 5.75 Å². The van der Waals surface area contributed by atoms with Crippen LogP contribution in [0.25, 0.3) is 0 Å². The first-order chi connectivity index (χ1) is 7.53. The Kier molecular flexibility index (Phi) is 2.94. The molecule has 0 radical (unpaired) electrons. The predicted octanol–water partition coefficient (Wildman–Crippen LogP) is 2.48. The first-order valence-corrected chi connectivity index (χ1v) is 6.04.